The van der Waals surface area contributed by atoms with Gasteiger partial charge in [-0.1, -0.05) is 0 Å². The number of alkyl halides is 2. The van der Waals surface area contributed by atoms with Crippen LogP contribution < -0.4 is 31.9 Å². The fourth-order valence-electron chi connectivity index (χ4n) is 3.36. The molecule has 0 bridgehead atoms. The standard InChI is InChI=1S/C16H32ClFN6O/c1-10-8-14(20-7-3-6-19-2)23-15(21-10)24-16(25)22-11-4-5-13(18)12(17)9-11/h10-15,19-21,23H,3-9H2,1-2H3,(H2,22,24,25). The van der Waals surface area contributed by atoms with Gasteiger partial charge in [0.25, 0.3) is 0 Å². The van der Waals surface area contributed by atoms with Gasteiger partial charge in [-0.15, -0.1) is 11.6 Å². The summed E-state index contributed by atoms with van der Waals surface area (Å²) in [4.78, 5) is 12.2. The van der Waals surface area contributed by atoms with Crippen LogP contribution in [-0.2, 0) is 0 Å². The zero-order valence-corrected chi connectivity index (χ0v) is 15.8. The van der Waals surface area contributed by atoms with Gasteiger partial charge in [0.1, 0.15) is 12.5 Å². The predicted octanol–water partition coefficient (Wildman–Crippen LogP) is 0.564. The maximum absolute atomic E-state index is 13.4. The van der Waals surface area contributed by atoms with Crippen LogP contribution in [0.15, 0.2) is 0 Å². The van der Waals surface area contributed by atoms with Crippen LogP contribution in [0, 0.1) is 0 Å². The van der Waals surface area contributed by atoms with Crippen molar-refractivity contribution < 1.29 is 9.18 Å². The average molecular weight is 379 g/mol. The molecule has 2 fully saturated rings. The summed E-state index contributed by atoms with van der Waals surface area (Å²) in [7, 11) is 1.94. The minimum Gasteiger partial charge on any atom is -0.335 e. The molecule has 2 rings (SSSR count). The maximum Gasteiger partial charge on any atom is 0.317 e. The van der Waals surface area contributed by atoms with Crippen molar-refractivity contribution in [2.45, 2.75) is 75.1 Å². The quantitative estimate of drug-likeness (QED) is 0.288. The zero-order valence-electron chi connectivity index (χ0n) is 15.1. The Hall–Kier alpha value is -0.670. The minimum absolute atomic E-state index is 0.0778. The molecule has 0 aromatic carbocycles. The van der Waals surface area contributed by atoms with Gasteiger partial charge in [0.2, 0.25) is 0 Å². The van der Waals surface area contributed by atoms with E-state index in [-0.39, 0.29) is 30.6 Å². The molecule has 2 aliphatic rings. The highest BCUT2D eigenvalue weighted by molar-refractivity contribution is 6.21. The lowest BCUT2D eigenvalue weighted by Gasteiger charge is -2.37. The molecule has 6 atom stereocenters. The van der Waals surface area contributed by atoms with Crippen molar-refractivity contribution >= 4 is 17.6 Å². The molecule has 0 aromatic rings. The predicted molar refractivity (Wildman–Crippen MR) is 98.3 cm³/mol. The summed E-state index contributed by atoms with van der Waals surface area (Å²) in [6.07, 6.45) is 2.33. The van der Waals surface area contributed by atoms with E-state index in [1.807, 2.05) is 7.05 Å². The van der Waals surface area contributed by atoms with Gasteiger partial charge in [-0.2, -0.15) is 0 Å². The van der Waals surface area contributed by atoms with Crippen LogP contribution in [0.25, 0.3) is 0 Å². The Kier molecular flexibility index (Phi) is 8.65. The summed E-state index contributed by atoms with van der Waals surface area (Å²) >= 11 is 5.96. The molecule has 1 saturated heterocycles. The molecule has 6 unspecified atom stereocenters. The van der Waals surface area contributed by atoms with Gasteiger partial charge in [-0.25, -0.2) is 9.18 Å². The van der Waals surface area contributed by atoms with E-state index >= 15 is 0 Å². The monoisotopic (exact) mass is 378 g/mol. The third kappa shape index (κ3) is 7.22. The van der Waals surface area contributed by atoms with Crippen molar-refractivity contribution in [3.63, 3.8) is 0 Å². The number of hydrogen-bond acceptors (Lipinski definition) is 5. The highest BCUT2D eigenvalue weighted by atomic mass is 35.5. The van der Waals surface area contributed by atoms with Gasteiger partial charge in [-0.3, -0.25) is 10.6 Å². The van der Waals surface area contributed by atoms with Gasteiger partial charge in [0.05, 0.1) is 11.5 Å². The number of rotatable bonds is 7. The van der Waals surface area contributed by atoms with Crippen LogP contribution in [0.1, 0.15) is 39.0 Å². The normalized spacial score (nSPS) is 36.0. The SMILES string of the molecule is CNCCCNC1CC(C)NC(NC(=O)NC2CCC(F)C(Cl)C2)N1. The van der Waals surface area contributed by atoms with E-state index in [9.17, 15) is 9.18 Å². The van der Waals surface area contributed by atoms with Crippen molar-refractivity contribution in [2.75, 3.05) is 20.1 Å². The van der Waals surface area contributed by atoms with E-state index in [1.54, 1.807) is 0 Å². The number of halogens is 2. The van der Waals surface area contributed by atoms with Crippen molar-refractivity contribution in [1.82, 2.24) is 31.9 Å². The van der Waals surface area contributed by atoms with E-state index < -0.39 is 11.5 Å². The summed E-state index contributed by atoms with van der Waals surface area (Å²) in [5.41, 5.74) is 0. The lowest BCUT2D eigenvalue weighted by atomic mass is 9.93. The summed E-state index contributed by atoms with van der Waals surface area (Å²) < 4.78 is 13.4. The second kappa shape index (κ2) is 10.5. The first-order valence-electron chi connectivity index (χ1n) is 9.23. The first-order chi connectivity index (χ1) is 12.0. The minimum atomic E-state index is -0.972. The molecule has 6 N–H and O–H groups in total. The van der Waals surface area contributed by atoms with Crippen LogP contribution in [-0.4, -0.2) is 62.3 Å². The highest BCUT2D eigenvalue weighted by Gasteiger charge is 2.31. The zero-order chi connectivity index (χ0) is 18.2. The first-order valence-corrected chi connectivity index (χ1v) is 9.67. The van der Waals surface area contributed by atoms with Crippen LogP contribution in [0.4, 0.5) is 9.18 Å². The Morgan fingerprint density at radius 1 is 1.20 bits per heavy atom. The molecular weight excluding hydrogens is 347 g/mol. The largest absolute Gasteiger partial charge is 0.335 e. The van der Waals surface area contributed by atoms with Gasteiger partial charge in [0, 0.05) is 12.1 Å². The van der Waals surface area contributed by atoms with Gasteiger partial charge < -0.3 is 21.3 Å². The molecule has 1 aliphatic heterocycles. The number of hydrogen-bond donors (Lipinski definition) is 6. The molecule has 1 aliphatic carbocycles. The summed E-state index contributed by atoms with van der Waals surface area (Å²) in [6, 6.07) is -0.0623. The third-order valence-electron chi connectivity index (χ3n) is 4.71. The van der Waals surface area contributed by atoms with Crippen molar-refractivity contribution in [1.29, 1.82) is 0 Å². The van der Waals surface area contributed by atoms with Gasteiger partial charge >= 0.3 is 6.03 Å². The van der Waals surface area contributed by atoms with Crippen LogP contribution in [0.2, 0.25) is 0 Å². The Morgan fingerprint density at radius 3 is 2.72 bits per heavy atom. The second-order valence-electron chi connectivity index (χ2n) is 7.03. The molecule has 0 radical (unpaired) electrons. The lowest BCUT2D eigenvalue weighted by Crippen LogP contribution is -2.68. The molecule has 0 spiro atoms. The van der Waals surface area contributed by atoms with E-state index in [2.05, 4.69) is 38.8 Å². The Labute approximate surface area is 154 Å². The van der Waals surface area contributed by atoms with Crippen molar-refractivity contribution in [3.05, 3.63) is 0 Å². The number of amides is 2. The number of urea groups is 1. The Bertz CT molecular complexity index is 418. The van der Waals surface area contributed by atoms with Crippen molar-refractivity contribution in [2.24, 2.45) is 0 Å². The number of nitrogens with one attached hydrogen (secondary N) is 6. The molecule has 2 amide bonds. The Balaban J connectivity index is 1.71. The molecule has 1 heterocycles. The first kappa shape index (κ1) is 20.6. The van der Waals surface area contributed by atoms with E-state index in [0.717, 1.165) is 25.9 Å². The highest BCUT2D eigenvalue weighted by Crippen LogP contribution is 2.25. The van der Waals surface area contributed by atoms with Crippen molar-refractivity contribution in [3.8, 4) is 0 Å². The molecule has 25 heavy (non-hydrogen) atoms. The summed E-state index contributed by atoms with van der Waals surface area (Å²) in [5.74, 6) is 0. The molecule has 1 saturated carbocycles. The Morgan fingerprint density at radius 2 is 2.00 bits per heavy atom. The lowest BCUT2D eigenvalue weighted by molar-refractivity contribution is 0.180. The summed E-state index contributed by atoms with van der Waals surface area (Å²) in [5, 5.41) is 18.5. The molecule has 9 heteroatoms. The van der Waals surface area contributed by atoms with Crippen LogP contribution >= 0.6 is 11.6 Å². The smallest absolute Gasteiger partial charge is 0.317 e. The van der Waals surface area contributed by atoms with E-state index in [4.69, 9.17) is 11.6 Å². The third-order valence-corrected chi connectivity index (χ3v) is 5.16. The molecule has 146 valence electrons. The number of carbonyl (C=O) groups excluding carboxylic acids is 1. The van der Waals surface area contributed by atoms with Gasteiger partial charge in [0.15, 0.2) is 0 Å². The van der Waals surface area contributed by atoms with Crippen LogP contribution in [0.5, 0.6) is 0 Å². The van der Waals surface area contributed by atoms with E-state index in [1.165, 1.54) is 0 Å². The molecule has 0 aromatic heterocycles. The van der Waals surface area contributed by atoms with E-state index in [0.29, 0.717) is 19.3 Å². The van der Waals surface area contributed by atoms with Gasteiger partial charge in [-0.05, 0) is 59.2 Å². The second-order valence-corrected chi connectivity index (χ2v) is 7.59. The molecule has 7 nitrogen and oxygen atoms in total. The molecular formula is C16H32ClFN6O. The fourth-order valence-corrected chi connectivity index (χ4v) is 3.70. The average Bonchev–Trinajstić information content (AvgIpc) is 2.54. The topological polar surface area (TPSA) is 89.2 Å². The van der Waals surface area contributed by atoms with Crippen LogP contribution in [0.3, 0.4) is 0 Å². The fraction of sp³-hybridized carbons (Fsp3) is 0.938. The number of carbonyl (C=O) groups is 1. The summed E-state index contributed by atoms with van der Waals surface area (Å²) in [6.45, 7) is 3.98. The maximum atomic E-state index is 13.4.